The Morgan fingerprint density at radius 2 is 2.26 bits per heavy atom. The van der Waals surface area contributed by atoms with E-state index in [4.69, 9.17) is 17.3 Å². The summed E-state index contributed by atoms with van der Waals surface area (Å²) in [5, 5.41) is 3.27. The van der Waals surface area contributed by atoms with Gasteiger partial charge in [-0.05, 0) is 24.5 Å². The molecule has 4 nitrogen and oxygen atoms in total. The number of halogens is 1. The molecule has 1 aromatic carbocycles. The van der Waals surface area contributed by atoms with Crippen LogP contribution in [0.25, 0.3) is 10.2 Å². The lowest BCUT2D eigenvalue weighted by atomic mass is 10.0. The van der Waals surface area contributed by atoms with Crippen LogP contribution in [0.2, 0.25) is 5.02 Å². The highest BCUT2D eigenvalue weighted by atomic mass is 35.5. The Bertz CT molecular complexity index is 597. The molecule has 0 aliphatic carbocycles. The van der Waals surface area contributed by atoms with Gasteiger partial charge in [0.1, 0.15) is 5.52 Å². The number of carbonyl (C=O) groups excluding carboxylic acids is 1. The first-order valence-corrected chi connectivity index (χ1v) is 7.33. The Kier molecular flexibility index (Phi) is 4.39. The lowest BCUT2D eigenvalue weighted by Crippen LogP contribution is -2.36. The Hall–Kier alpha value is -1.17. The van der Waals surface area contributed by atoms with Crippen molar-refractivity contribution in [3.8, 4) is 0 Å². The van der Waals surface area contributed by atoms with Crippen LogP contribution < -0.4 is 11.1 Å². The monoisotopic (exact) mass is 297 g/mol. The topological polar surface area (TPSA) is 68.0 Å². The number of anilines is 1. The van der Waals surface area contributed by atoms with Gasteiger partial charge in [-0.15, -0.1) is 11.3 Å². The second-order valence-electron chi connectivity index (χ2n) is 4.85. The molecule has 1 amide bonds. The molecule has 0 saturated heterocycles. The van der Waals surface area contributed by atoms with E-state index < -0.39 is 6.04 Å². The van der Waals surface area contributed by atoms with E-state index in [0.29, 0.717) is 28.6 Å². The fraction of sp³-hybridized carbons (Fsp3) is 0.385. The van der Waals surface area contributed by atoms with Crippen molar-refractivity contribution in [2.45, 2.75) is 26.3 Å². The Labute approximate surface area is 121 Å². The first-order chi connectivity index (χ1) is 8.99. The minimum absolute atomic E-state index is 0.226. The largest absolute Gasteiger partial charge is 0.322 e. The summed E-state index contributed by atoms with van der Waals surface area (Å²) in [4.78, 5) is 16.3. The molecule has 2 rings (SSSR count). The van der Waals surface area contributed by atoms with E-state index in [1.54, 1.807) is 11.6 Å². The summed E-state index contributed by atoms with van der Waals surface area (Å²) < 4.78 is 0.983. The fourth-order valence-corrected chi connectivity index (χ4v) is 2.74. The van der Waals surface area contributed by atoms with E-state index in [-0.39, 0.29) is 5.91 Å². The van der Waals surface area contributed by atoms with Gasteiger partial charge in [-0.1, -0.05) is 25.4 Å². The molecule has 0 fully saturated rings. The SMILES string of the molecule is CC(C)CC(N)C(=O)Nc1c(Cl)ccc2scnc12. The number of nitrogens with one attached hydrogen (secondary N) is 1. The van der Waals surface area contributed by atoms with Crippen LogP contribution in [-0.2, 0) is 4.79 Å². The van der Waals surface area contributed by atoms with Crippen molar-refractivity contribution in [1.29, 1.82) is 0 Å². The number of nitrogens with two attached hydrogens (primary N) is 1. The van der Waals surface area contributed by atoms with Crippen LogP contribution in [0.5, 0.6) is 0 Å². The molecule has 102 valence electrons. The zero-order chi connectivity index (χ0) is 14.0. The molecule has 0 aliphatic rings. The average molecular weight is 298 g/mol. The van der Waals surface area contributed by atoms with Gasteiger partial charge in [0, 0.05) is 0 Å². The van der Waals surface area contributed by atoms with Gasteiger partial charge < -0.3 is 11.1 Å². The molecule has 2 aromatic rings. The third-order valence-corrected chi connectivity index (χ3v) is 3.87. The lowest BCUT2D eigenvalue weighted by Gasteiger charge is -2.15. The second-order valence-corrected chi connectivity index (χ2v) is 6.14. The van der Waals surface area contributed by atoms with Crippen LogP contribution in [0.15, 0.2) is 17.6 Å². The summed E-state index contributed by atoms with van der Waals surface area (Å²) in [6.07, 6.45) is 0.635. The van der Waals surface area contributed by atoms with Crippen molar-refractivity contribution >= 4 is 44.7 Å². The molecule has 19 heavy (non-hydrogen) atoms. The quantitative estimate of drug-likeness (QED) is 0.910. The summed E-state index contributed by atoms with van der Waals surface area (Å²) in [5.41, 5.74) is 8.85. The van der Waals surface area contributed by atoms with Crippen LogP contribution >= 0.6 is 22.9 Å². The van der Waals surface area contributed by atoms with Crippen LogP contribution in [0.1, 0.15) is 20.3 Å². The van der Waals surface area contributed by atoms with Gasteiger partial charge in [0.05, 0.1) is 27.0 Å². The Morgan fingerprint density at radius 1 is 1.53 bits per heavy atom. The molecular weight excluding hydrogens is 282 g/mol. The average Bonchev–Trinajstić information content (AvgIpc) is 2.80. The highest BCUT2D eigenvalue weighted by molar-refractivity contribution is 7.16. The highest BCUT2D eigenvalue weighted by Gasteiger charge is 2.18. The number of nitrogens with zero attached hydrogens (tertiary/aromatic N) is 1. The third kappa shape index (κ3) is 3.23. The van der Waals surface area contributed by atoms with Crippen LogP contribution in [-0.4, -0.2) is 16.9 Å². The van der Waals surface area contributed by atoms with Crippen LogP contribution in [0.4, 0.5) is 5.69 Å². The minimum Gasteiger partial charge on any atom is -0.322 e. The smallest absolute Gasteiger partial charge is 0.241 e. The van der Waals surface area contributed by atoms with Crippen molar-refractivity contribution in [1.82, 2.24) is 4.98 Å². The molecule has 1 aromatic heterocycles. The van der Waals surface area contributed by atoms with Gasteiger partial charge in [0.2, 0.25) is 5.91 Å². The molecule has 6 heteroatoms. The summed E-state index contributed by atoms with van der Waals surface area (Å²) in [5.74, 6) is 0.141. The third-order valence-electron chi connectivity index (χ3n) is 2.76. The fourth-order valence-electron chi connectivity index (χ4n) is 1.86. The number of hydrogen-bond acceptors (Lipinski definition) is 4. The molecule has 1 heterocycles. The molecular formula is C13H16ClN3OS. The van der Waals surface area contributed by atoms with Gasteiger partial charge in [-0.3, -0.25) is 4.79 Å². The number of rotatable bonds is 4. The predicted octanol–water partition coefficient (Wildman–Crippen LogP) is 3.26. The molecule has 0 saturated carbocycles. The van der Waals surface area contributed by atoms with E-state index in [1.165, 1.54) is 11.3 Å². The molecule has 3 N–H and O–H groups in total. The number of amides is 1. The molecule has 0 spiro atoms. The number of benzene rings is 1. The van der Waals surface area contributed by atoms with Crippen molar-refractivity contribution in [3.05, 3.63) is 22.7 Å². The molecule has 1 atom stereocenters. The number of carbonyl (C=O) groups is 1. The highest BCUT2D eigenvalue weighted by Crippen LogP contribution is 2.32. The number of fused-ring (bicyclic) bond motifs is 1. The summed E-state index contributed by atoms with van der Waals surface area (Å²) in [6, 6.07) is 3.11. The van der Waals surface area contributed by atoms with Gasteiger partial charge in [-0.2, -0.15) is 0 Å². The molecule has 0 radical (unpaired) electrons. The van der Waals surface area contributed by atoms with Crippen molar-refractivity contribution in [3.63, 3.8) is 0 Å². The lowest BCUT2D eigenvalue weighted by molar-refractivity contribution is -0.117. The predicted molar refractivity (Wildman–Crippen MR) is 80.7 cm³/mol. The van der Waals surface area contributed by atoms with E-state index in [9.17, 15) is 4.79 Å². The number of aromatic nitrogens is 1. The Balaban J connectivity index is 2.23. The standard InChI is InChI=1S/C13H16ClN3OS/c1-7(2)5-9(15)13(18)17-11-8(14)3-4-10-12(11)16-6-19-10/h3-4,6-7,9H,5,15H2,1-2H3,(H,17,18). The summed E-state index contributed by atoms with van der Waals surface area (Å²) >= 11 is 7.63. The second kappa shape index (κ2) is 5.86. The first kappa shape index (κ1) is 14.2. The zero-order valence-electron chi connectivity index (χ0n) is 10.8. The first-order valence-electron chi connectivity index (χ1n) is 6.07. The van der Waals surface area contributed by atoms with Crippen molar-refractivity contribution in [2.75, 3.05) is 5.32 Å². The van der Waals surface area contributed by atoms with Crippen molar-refractivity contribution < 1.29 is 4.79 Å². The van der Waals surface area contributed by atoms with E-state index >= 15 is 0 Å². The number of thiazole rings is 1. The van der Waals surface area contributed by atoms with Gasteiger partial charge in [0.15, 0.2) is 0 Å². The summed E-state index contributed by atoms with van der Waals surface area (Å²) in [6.45, 7) is 4.06. The molecule has 0 aliphatic heterocycles. The minimum atomic E-state index is -0.537. The summed E-state index contributed by atoms with van der Waals surface area (Å²) in [7, 11) is 0. The molecule has 1 unspecified atom stereocenters. The Morgan fingerprint density at radius 3 is 2.95 bits per heavy atom. The van der Waals surface area contributed by atoms with E-state index in [0.717, 1.165) is 4.70 Å². The number of hydrogen-bond donors (Lipinski definition) is 2. The van der Waals surface area contributed by atoms with Crippen LogP contribution in [0, 0.1) is 5.92 Å². The maximum Gasteiger partial charge on any atom is 0.241 e. The van der Waals surface area contributed by atoms with Gasteiger partial charge in [0.25, 0.3) is 0 Å². The maximum atomic E-state index is 12.0. The zero-order valence-corrected chi connectivity index (χ0v) is 12.4. The van der Waals surface area contributed by atoms with Gasteiger partial charge >= 0.3 is 0 Å². The van der Waals surface area contributed by atoms with Crippen LogP contribution in [0.3, 0.4) is 0 Å². The normalized spacial score (nSPS) is 12.9. The van der Waals surface area contributed by atoms with Gasteiger partial charge in [-0.25, -0.2) is 4.98 Å². The van der Waals surface area contributed by atoms with E-state index in [1.807, 2.05) is 19.9 Å². The maximum absolute atomic E-state index is 12.0. The van der Waals surface area contributed by atoms with Crippen molar-refractivity contribution in [2.24, 2.45) is 11.7 Å². The molecule has 0 bridgehead atoms. The van der Waals surface area contributed by atoms with E-state index in [2.05, 4.69) is 10.3 Å².